The summed E-state index contributed by atoms with van der Waals surface area (Å²) in [5.41, 5.74) is -2.19. The van der Waals surface area contributed by atoms with Crippen LogP contribution in [0.2, 0.25) is 0 Å². The van der Waals surface area contributed by atoms with Crippen molar-refractivity contribution in [2.45, 2.75) is 0 Å². The second-order valence-corrected chi connectivity index (χ2v) is 3.85. The standard InChI is InChI=1S/C12H9N3O5/c16-8-4-1-7(2-5-8)3-6-9-10(15(19)20)11(17)14-12(18)13-9/h1-6,16H,(H2,13,14,17,18)/b6-3-. The molecule has 8 heteroatoms. The Morgan fingerprint density at radius 3 is 2.35 bits per heavy atom. The van der Waals surface area contributed by atoms with Crippen molar-refractivity contribution >= 4 is 17.8 Å². The van der Waals surface area contributed by atoms with Gasteiger partial charge in [-0.25, -0.2) is 4.79 Å². The fraction of sp³-hybridized carbons (Fsp3) is 0. The lowest BCUT2D eigenvalue weighted by atomic mass is 10.2. The van der Waals surface area contributed by atoms with Gasteiger partial charge in [-0.3, -0.25) is 19.9 Å². The van der Waals surface area contributed by atoms with Gasteiger partial charge in [0, 0.05) is 0 Å². The van der Waals surface area contributed by atoms with Gasteiger partial charge in [0.25, 0.3) is 0 Å². The number of phenolic OH excluding ortho intramolecular Hbond substituents is 1. The number of aromatic hydroxyl groups is 1. The van der Waals surface area contributed by atoms with Crippen LogP contribution in [0.15, 0.2) is 33.9 Å². The molecule has 0 aliphatic carbocycles. The maximum atomic E-state index is 11.4. The zero-order valence-corrected chi connectivity index (χ0v) is 9.99. The predicted octanol–water partition coefficient (Wildman–Crippen LogP) is 0.847. The van der Waals surface area contributed by atoms with Crippen LogP contribution in [-0.2, 0) is 0 Å². The van der Waals surface area contributed by atoms with Crippen LogP contribution in [0.1, 0.15) is 11.3 Å². The molecule has 0 unspecified atom stereocenters. The molecule has 0 aliphatic heterocycles. The molecule has 0 radical (unpaired) electrons. The Balaban J connectivity index is 2.48. The number of nitro groups is 1. The van der Waals surface area contributed by atoms with E-state index < -0.39 is 21.9 Å². The van der Waals surface area contributed by atoms with Gasteiger partial charge >= 0.3 is 16.9 Å². The van der Waals surface area contributed by atoms with Crippen LogP contribution in [-0.4, -0.2) is 20.0 Å². The molecule has 102 valence electrons. The summed E-state index contributed by atoms with van der Waals surface area (Å²) in [4.78, 5) is 36.4. The SMILES string of the molecule is O=c1[nH]c(/C=C\c2ccc(O)cc2)c([N+](=O)[O-])c(=O)[nH]1. The Morgan fingerprint density at radius 1 is 1.10 bits per heavy atom. The molecular weight excluding hydrogens is 266 g/mol. The molecule has 0 spiro atoms. The molecule has 0 bridgehead atoms. The average molecular weight is 275 g/mol. The molecule has 0 atom stereocenters. The van der Waals surface area contributed by atoms with Gasteiger partial charge in [0.2, 0.25) is 0 Å². The van der Waals surface area contributed by atoms with Gasteiger partial charge < -0.3 is 10.1 Å². The van der Waals surface area contributed by atoms with Crippen molar-refractivity contribution in [3.63, 3.8) is 0 Å². The average Bonchev–Trinajstić information content (AvgIpc) is 2.36. The summed E-state index contributed by atoms with van der Waals surface area (Å²) in [7, 11) is 0. The number of benzene rings is 1. The van der Waals surface area contributed by atoms with Crippen molar-refractivity contribution in [2.24, 2.45) is 0 Å². The second kappa shape index (κ2) is 5.22. The fourth-order valence-corrected chi connectivity index (χ4v) is 1.56. The molecule has 0 fully saturated rings. The van der Waals surface area contributed by atoms with Crippen LogP contribution in [0.3, 0.4) is 0 Å². The van der Waals surface area contributed by atoms with E-state index in [2.05, 4.69) is 4.98 Å². The van der Waals surface area contributed by atoms with Crippen molar-refractivity contribution in [3.05, 3.63) is 66.5 Å². The Bertz CT molecular complexity index is 786. The molecule has 20 heavy (non-hydrogen) atoms. The van der Waals surface area contributed by atoms with Crippen molar-refractivity contribution in [3.8, 4) is 5.75 Å². The number of rotatable bonds is 3. The first-order valence-electron chi connectivity index (χ1n) is 5.45. The van der Waals surface area contributed by atoms with Gasteiger partial charge in [0.15, 0.2) is 0 Å². The first kappa shape index (κ1) is 13.3. The van der Waals surface area contributed by atoms with E-state index in [0.29, 0.717) is 5.56 Å². The van der Waals surface area contributed by atoms with Gasteiger partial charge in [-0.05, 0) is 23.8 Å². The van der Waals surface area contributed by atoms with E-state index in [9.17, 15) is 19.7 Å². The topological polar surface area (TPSA) is 129 Å². The lowest BCUT2D eigenvalue weighted by molar-refractivity contribution is -0.386. The van der Waals surface area contributed by atoms with E-state index in [4.69, 9.17) is 5.11 Å². The molecule has 0 amide bonds. The van der Waals surface area contributed by atoms with Gasteiger partial charge in [-0.2, -0.15) is 0 Å². The zero-order chi connectivity index (χ0) is 14.7. The van der Waals surface area contributed by atoms with Gasteiger partial charge in [-0.15, -0.1) is 0 Å². The molecule has 1 aromatic carbocycles. The Kier molecular flexibility index (Phi) is 3.47. The molecule has 2 rings (SSSR count). The van der Waals surface area contributed by atoms with Crippen LogP contribution in [0.25, 0.3) is 12.2 Å². The van der Waals surface area contributed by atoms with E-state index in [-0.39, 0.29) is 11.4 Å². The predicted molar refractivity (Wildman–Crippen MR) is 71.4 cm³/mol. The maximum absolute atomic E-state index is 11.4. The number of phenols is 1. The highest BCUT2D eigenvalue weighted by Gasteiger charge is 2.18. The first-order valence-corrected chi connectivity index (χ1v) is 5.45. The number of H-pyrrole nitrogens is 2. The third-order valence-corrected chi connectivity index (χ3v) is 2.46. The number of hydrogen-bond donors (Lipinski definition) is 3. The Labute approximate surface area is 111 Å². The smallest absolute Gasteiger partial charge is 0.357 e. The zero-order valence-electron chi connectivity index (χ0n) is 9.99. The summed E-state index contributed by atoms with van der Waals surface area (Å²) in [6.45, 7) is 0. The minimum atomic E-state index is -1.07. The van der Waals surface area contributed by atoms with Crippen molar-refractivity contribution in [2.75, 3.05) is 0 Å². The fourth-order valence-electron chi connectivity index (χ4n) is 1.56. The van der Waals surface area contributed by atoms with Crippen molar-refractivity contribution < 1.29 is 10.0 Å². The Morgan fingerprint density at radius 2 is 1.75 bits per heavy atom. The van der Waals surface area contributed by atoms with E-state index in [1.807, 2.05) is 0 Å². The molecular formula is C12H9N3O5. The highest BCUT2D eigenvalue weighted by atomic mass is 16.6. The first-order chi connectivity index (χ1) is 9.47. The summed E-state index contributed by atoms with van der Waals surface area (Å²) in [5, 5.41) is 19.9. The Hall–Kier alpha value is -3.16. The van der Waals surface area contributed by atoms with Gasteiger partial charge in [0.05, 0.1) is 4.92 Å². The van der Waals surface area contributed by atoms with Gasteiger partial charge in [-0.1, -0.05) is 18.2 Å². The minimum absolute atomic E-state index is 0.0812. The molecule has 0 aliphatic rings. The number of nitrogens with one attached hydrogen (secondary N) is 2. The number of aromatic amines is 2. The molecule has 2 aromatic rings. The van der Waals surface area contributed by atoms with Crippen molar-refractivity contribution in [1.82, 2.24) is 9.97 Å². The quantitative estimate of drug-likeness (QED) is 0.564. The van der Waals surface area contributed by atoms with Crippen LogP contribution in [0.5, 0.6) is 5.75 Å². The summed E-state index contributed by atoms with van der Waals surface area (Å²) >= 11 is 0. The van der Waals surface area contributed by atoms with Crippen molar-refractivity contribution in [1.29, 1.82) is 0 Å². The summed E-state index contributed by atoms with van der Waals surface area (Å²) < 4.78 is 0. The highest BCUT2D eigenvalue weighted by molar-refractivity contribution is 5.71. The largest absolute Gasteiger partial charge is 0.508 e. The molecule has 1 heterocycles. The number of nitrogens with zero attached hydrogens (tertiary/aromatic N) is 1. The molecule has 0 saturated heterocycles. The lowest BCUT2D eigenvalue weighted by Gasteiger charge is -1.97. The molecule has 1 aromatic heterocycles. The summed E-state index contributed by atoms with van der Waals surface area (Å²) in [5.74, 6) is 0.0812. The minimum Gasteiger partial charge on any atom is -0.508 e. The van der Waals surface area contributed by atoms with E-state index >= 15 is 0 Å². The van der Waals surface area contributed by atoms with E-state index in [1.54, 1.807) is 17.1 Å². The third-order valence-electron chi connectivity index (χ3n) is 2.46. The van der Waals surface area contributed by atoms with Crippen LogP contribution in [0.4, 0.5) is 5.69 Å². The third kappa shape index (κ3) is 2.80. The molecule has 8 nitrogen and oxygen atoms in total. The molecule has 3 N–H and O–H groups in total. The highest BCUT2D eigenvalue weighted by Crippen LogP contribution is 2.14. The maximum Gasteiger partial charge on any atom is 0.357 e. The summed E-state index contributed by atoms with van der Waals surface area (Å²) in [6.07, 6.45) is 2.72. The summed E-state index contributed by atoms with van der Waals surface area (Å²) in [6, 6.07) is 6.02. The van der Waals surface area contributed by atoms with Crippen LogP contribution >= 0.6 is 0 Å². The monoisotopic (exact) mass is 275 g/mol. The van der Waals surface area contributed by atoms with E-state index in [1.165, 1.54) is 24.3 Å². The van der Waals surface area contributed by atoms with Crippen LogP contribution in [0, 0.1) is 10.1 Å². The normalized spacial score (nSPS) is 10.8. The number of hydrogen-bond acceptors (Lipinski definition) is 5. The lowest BCUT2D eigenvalue weighted by Crippen LogP contribution is -2.25. The number of aromatic nitrogens is 2. The van der Waals surface area contributed by atoms with Gasteiger partial charge in [0.1, 0.15) is 11.4 Å². The van der Waals surface area contributed by atoms with E-state index in [0.717, 1.165) is 0 Å². The molecule has 0 saturated carbocycles. The van der Waals surface area contributed by atoms with Crippen LogP contribution < -0.4 is 11.2 Å². The second-order valence-electron chi connectivity index (χ2n) is 3.85.